The van der Waals surface area contributed by atoms with Crippen LogP contribution in [0, 0.1) is 17.2 Å². The number of pyridine rings is 1. The summed E-state index contributed by atoms with van der Waals surface area (Å²) in [4.78, 5) is 4.00. The second kappa shape index (κ2) is 4.10. The first kappa shape index (κ1) is 9.01. The summed E-state index contributed by atoms with van der Waals surface area (Å²) in [5, 5.41) is 12.1. The van der Waals surface area contributed by atoms with E-state index in [4.69, 9.17) is 5.26 Å². The summed E-state index contributed by atoms with van der Waals surface area (Å²) < 4.78 is 0. The summed E-state index contributed by atoms with van der Waals surface area (Å²) in [5.74, 6) is 0.793. The van der Waals surface area contributed by atoms with Gasteiger partial charge in [0.1, 0.15) is 6.07 Å². The molecule has 1 N–H and O–H groups in total. The zero-order chi connectivity index (χ0) is 9.80. The molecule has 0 aromatic carbocycles. The van der Waals surface area contributed by atoms with E-state index in [0.717, 1.165) is 18.2 Å². The third-order valence-corrected chi connectivity index (χ3v) is 2.75. The highest BCUT2D eigenvalue weighted by molar-refractivity contribution is 5.55. The molecule has 0 bridgehead atoms. The molecule has 14 heavy (non-hydrogen) atoms. The predicted molar refractivity (Wildman–Crippen MR) is 54.8 cm³/mol. The van der Waals surface area contributed by atoms with E-state index in [1.54, 1.807) is 18.5 Å². The van der Waals surface area contributed by atoms with Crippen molar-refractivity contribution in [1.29, 1.82) is 5.26 Å². The first-order valence-corrected chi connectivity index (χ1v) is 4.98. The molecule has 0 radical (unpaired) electrons. The fourth-order valence-electron chi connectivity index (χ4n) is 1.58. The van der Waals surface area contributed by atoms with E-state index in [0.29, 0.717) is 5.56 Å². The van der Waals surface area contributed by atoms with E-state index in [1.807, 2.05) is 0 Å². The molecule has 72 valence electrons. The van der Waals surface area contributed by atoms with Gasteiger partial charge < -0.3 is 5.32 Å². The van der Waals surface area contributed by atoms with Gasteiger partial charge in [0.2, 0.25) is 0 Å². The van der Waals surface area contributed by atoms with Crippen LogP contribution < -0.4 is 5.32 Å². The van der Waals surface area contributed by atoms with Crippen molar-refractivity contribution >= 4 is 5.69 Å². The minimum atomic E-state index is 0.680. The van der Waals surface area contributed by atoms with Crippen LogP contribution in [0.5, 0.6) is 0 Å². The smallest absolute Gasteiger partial charge is 0.101 e. The Labute approximate surface area is 83.8 Å². The van der Waals surface area contributed by atoms with Gasteiger partial charge in [0, 0.05) is 12.7 Å². The van der Waals surface area contributed by atoms with E-state index in [2.05, 4.69) is 16.4 Å². The number of hydrogen-bond donors (Lipinski definition) is 1. The summed E-state index contributed by atoms with van der Waals surface area (Å²) in [5.41, 5.74) is 1.54. The molecule has 0 unspecified atom stereocenters. The fourth-order valence-corrected chi connectivity index (χ4v) is 1.58. The van der Waals surface area contributed by atoms with Gasteiger partial charge in [-0.2, -0.15) is 5.26 Å². The van der Waals surface area contributed by atoms with Crippen molar-refractivity contribution in [3.63, 3.8) is 0 Å². The van der Waals surface area contributed by atoms with Gasteiger partial charge in [0.05, 0.1) is 17.4 Å². The van der Waals surface area contributed by atoms with Gasteiger partial charge >= 0.3 is 0 Å². The summed E-state index contributed by atoms with van der Waals surface area (Å²) in [7, 11) is 0. The minimum Gasteiger partial charge on any atom is -0.382 e. The van der Waals surface area contributed by atoms with Crippen LogP contribution in [-0.2, 0) is 0 Å². The summed E-state index contributed by atoms with van der Waals surface area (Å²) in [6, 6.07) is 3.89. The van der Waals surface area contributed by atoms with E-state index >= 15 is 0 Å². The molecule has 1 aromatic heterocycles. The summed E-state index contributed by atoms with van der Waals surface area (Å²) in [6.45, 7) is 0.973. The zero-order valence-corrected chi connectivity index (χ0v) is 8.03. The molecule has 0 saturated heterocycles. The molecule has 1 saturated carbocycles. The number of aromatic nitrogens is 1. The molecular formula is C11H13N3. The number of rotatable bonds is 3. The van der Waals surface area contributed by atoms with Crippen molar-refractivity contribution in [2.45, 2.75) is 19.3 Å². The van der Waals surface area contributed by atoms with Gasteiger partial charge in [-0.3, -0.25) is 4.98 Å². The first-order valence-electron chi connectivity index (χ1n) is 4.98. The highest BCUT2D eigenvalue weighted by atomic mass is 14.9. The molecule has 1 aromatic rings. The largest absolute Gasteiger partial charge is 0.382 e. The van der Waals surface area contributed by atoms with Gasteiger partial charge in [-0.1, -0.05) is 6.42 Å². The third kappa shape index (κ3) is 1.85. The van der Waals surface area contributed by atoms with E-state index in [1.165, 1.54) is 19.3 Å². The monoisotopic (exact) mass is 187 g/mol. The van der Waals surface area contributed by atoms with Crippen molar-refractivity contribution in [3.05, 3.63) is 24.0 Å². The Kier molecular flexibility index (Phi) is 2.64. The molecule has 3 heteroatoms. The van der Waals surface area contributed by atoms with Crippen molar-refractivity contribution in [2.24, 2.45) is 5.92 Å². The lowest BCUT2D eigenvalue weighted by Crippen LogP contribution is -2.21. The number of nitrogens with zero attached hydrogens (tertiary/aromatic N) is 2. The third-order valence-electron chi connectivity index (χ3n) is 2.75. The maximum absolute atomic E-state index is 8.84. The maximum Gasteiger partial charge on any atom is 0.101 e. The first-order chi connectivity index (χ1) is 6.90. The van der Waals surface area contributed by atoms with Gasteiger partial charge in [0.15, 0.2) is 0 Å². The van der Waals surface area contributed by atoms with Crippen molar-refractivity contribution in [3.8, 4) is 6.07 Å². The van der Waals surface area contributed by atoms with Crippen LogP contribution >= 0.6 is 0 Å². The quantitative estimate of drug-likeness (QED) is 0.788. The molecule has 1 heterocycles. The van der Waals surface area contributed by atoms with Crippen LogP contribution in [0.4, 0.5) is 5.69 Å². The van der Waals surface area contributed by atoms with E-state index < -0.39 is 0 Å². The normalized spacial score (nSPS) is 15.6. The average molecular weight is 187 g/mol. The van der Waals surface area contributed by atoms with Crippen molar-refractivity contribution in [1.82, 2.24) is 4.98 Å². The standard InChI is InChI=1S/C11H13N3/c12-6-10-4-5-13-8-11(10)14-7-9-2-1-3-9/h4-5,8-9,14H,1-3,7H2. The number of nitrogens with one attached hydrogen (secondary N) is 1. The molecule has 3 nitrogen and oxygen atoms in total. The summed E-state index contributed by atoms with van der Waals surface area (Å²) in [6.07, 6.45) is 7.35. The van der Waals surface area contributed by atoms with Crippen LogP contribution in [0.1, 0.15) is 24.8 Å². The zero-order valence-electron chi connectivity index (χ0n) is 8.03. The van der Waals surface area contributed by atoms with Crippen LogP contribution in [-0.4, -0.2) is 11.5 Å². The topological polar surface area (TPSA) is 48.7 Å². The molecule has 0 spiro atoms. The van der Waals surface area contributed by atoms with E-state index in [-0.39, 0.29) is 0 Å². The molecule has 0 aliphatic heterocycles. The maximum atomic E-state index is 8.84. The van der Waals surface area contributed by atoms with Crippen LogP contribution in [0.2, 0.25) is 0 Å². The minimum absolute atomic E-state index is 0.680. The molecule has 1 aliphatic carbocycles. The van der Waals surface area contributed by atoms with Crippen molar-refractivity contribution < 1.29 is 0 Å². The second-order valence-electron chi connectivity index (χ2n) is 3.71. The van der Waals surface area contributed by atoms with Gasteiger partial charge in [-0.25, -0.2) is 0 Å². The predicted octanol–water partition coefficient (Wildman–Crippen LogP) is 2.17. The highest BCUT2D eigenvalue weighted by Gasteiger charge is 2.17. The molecule has 2 rings (SSSR count). The Hall–Kier alpha value is -1.56. The molecule has 1 aliphatic rings. The summed E-state index contributed by atoms with van der Waals surface area (Å²) >= 11 is 0. The van der Waals surface area contributed by atoms with Crippen molar-refractivity contribution in [2.75, 3.05) is 11.9 Å². The number of anilines is 1. The molecule has 1 fully saturated rings. The lowest BCUT2D eigenvalue weighted by Gasteiger charge is -2.25. The Balaban J connectivity index is 1.97. The Morgan fingerprint density at radius 1 is 1.57 bits per heavy atom. The number of nitriles is 1. The number of hydrogen-bond acceptors (Lipinski definition) is 3. The average Bonchev–Trinajstić information content (AvgIpc) is 2.16. The van der Waals surface area contributed by atoms with Crippen LogP contribution in [0.25, 0.3) is 0 Å². The van der Waals surface area contributed by atoms with Gasteiger partial charge in [-0.05, 0) is 24.8 Å². The molecule has 0 amide bonds. The van der Waals surface area contributed by atoms with E-state index in [9.17, 15) is 0 Å². The lowest BCUT2D eigenvalue weighted by molar-refractivity contribution is 0.333. The SMILES string of the molecule is N#Cc1ccncc1NCC1CCC1. The van der Waals surface area contributed by atoms with Gasteiger partial charge in [-0.15, -0.1) is 0 Å². The molecule has 0 atom stereocenters. The van der Waals surface area contributed by atoms with Crippen LogP contribution in [0.3, 0.4) is 0 Å². The Bertz CT molecular complexity index is 350. The van der Waals surface area contributed by atoms with Crippen LogP contribution in [0.15, 0.2) is 18.5 Å². The Morgan fingerprint density at radius 2 is 2.43 bits per heavy atom. The second-order valence-corrected chi connectivity index (χ2v) is 3.71. The highest BCUT2D eigenvalue weighted by Crippen LogP contribution is 2.26. The lowest BCUT2D eigenvalue weighted by atomic mass is 9.85. The van der Waals surface area contributed by atoms with Gasteiger partial charge in [0.25, 0.3) is 0 Å². The Morgan fingerprint density at radius 3 is 3.07 bits per heavy atom. The molecular weight excluding hydrogens is 174 g/mol. The fraction of sp³-hybridized carbons (Fsp3) is 0.455.